The van der Waals surface area contributed by atoms with Crippen LogP contribution in [0.2, 0.25) is 5.02 Å². The highest BCUT2D eigenvalue weighted by atomic mass is 35.5. The van der Waals surface area contributed by atoms with Crippen molar-refractivity contribution in [2.45, 2.75) is 37.8 Å². The van der Waals surface area contributed by atoms with Crippen molar-refractivity contribution in [3.63, 3.8) is 0 Å². The molecule has 0 saturated carbocycles. The molecule has 2 aliphatic heterocycles. The van der Waals surface area contributed by atoms with Crippen LogP contribution in [-0.2, 0) is 0 Å². The second kappa shape index (κ2) is 5.62. The normalized spacial score (nSPS) is 26.2. The van der Waals surface area contributed by atoms with Crippen LogP contribution in [0.15, 0.2) is 18.2 Å². The van der Waals surface area contributed by atoms with Crippen molar-refractivity contribution < 1.29 is 4.79 Å². The maximum absolute atomic E-state index is 12.3. The van der Waals surface area contributed by atoms with Crippen molar-refractivity contribution >= 4 is 23.2 Å². The Morgan fingerprint density at radius 3 is 3.05 bits per heavy atom. The summed E-state index contributed by atoms with van der Waals surface area (Å²) >= 11 is 6.10. The van der Waals surface area contributed by atoms with Crippen molar-refractivity contribution in [3.05, 3.63) is 28.8 Å². The maximum atomic E-state index is 12.3. The van der Waals surface area contributed by atoms with E-state index >= 15 is 0 Å². The third-order valence-electron chi connectivity index (χ3n) is 4.43. The first-order chi connectivity index (χ1) is 9.65. The number of nitrogens with zero attached hydrogens (tertiary/aromatic N) is 1. The maximum Gasteiger partial charge on any atom is 0.253 e. The summed E-state index contributed by atoms with van der Waals surface area (Å²) in [5.74, 6) is -0.112. The van der Waals surface area contributed by atoms with Crippen LogP contribution in [0.25, 0.3) is 0 Å². The quantitative estimate of drug-likeness (QED) is 0.823. The molecule has 3 N–H and O–H groups in total. The summed E-state index contributed by atoms with van der Waals surface area (Å²) in [6.07, 6.45) is 4.60. The molecular formula is C15H20ClN3O. The Hall–Kier alpha value is -1.26. The van der Waals surface area contributed by atoms with Gasteiger partial charge < -0.3 is 16.0 Å². The molecule has 2 atom stereocenters. The number of carbonyl (C=O) groups excluding carboxylic acids is 1. The first-order valence-corrected chi connectivity index (χ1v) is 7.62. The molecule has 3 rings (SSSR count). The third-order valence-corrected chi connectivity index (χ3v) is 4.85. The van der Waals surface area contributed by atoms with Crippen molar-refractivity contribution in [2.24, 2.45) is 0 Å². The number of hydrogen-bond donors (Lipinski definition) is 2. The first kappa shape index (κ1) is 13.7. The molecule has 2 fully saturated rings. The van der Waals surface area contributed by atoms with E-state index in [1.165, 1.54) is 19.4 Å². The Balaban J connectivity index is 1.65. The molecule has 2 saturated heterocycles. The van der Waals surface area contributed by atoms with Crippen LogP contribution in [0, 0.1) is 0 Å². The van der Waals surface area contributed by atoms with Crippen LogP contribution in [0.4, 0.5) is 5.69 Å². The summed E-state index contributed by atoms with van der Waals surface area (Å²) in [6.45, 7) is 2.30. The zero-order valence-electron chi connectivity index (χ0n) is 11.4. The van der Waals surface area contributed by atoms with E-state index in [1.807, 2.05) is 0 Å². The number of nitrogens with two attached hydrogens (primary N) is 1. The van der Waals surface area contributed by atoms with E-state index in [1.54, 1.807) is 18.2 Å². The molecule has 1 aromatic rings. The van der Waals surface area contributed by atoms with Crippen molar-refractivity contribution in [3.8, 4) is 0 Å². The second-order valence-electron chi connectivity index (χ2n) is 5.74. The molecule has 2 unspecified atom stereocenters. The molecule has 0 aliphatic carbocycles. The summed E-state index contributed by atoms with van der Waals surface area (Å²) in [4.78, 5) is 14.9. The van der Waals surface area contributed by atoms with Gasteiger partial charge in [0.15, 0.2) is 0 Å². The Morgan fingerprint density at radius 1 is 1.35 bits per heavy atom. The molecule has 2 aliphatic rings. The van der Waals surface area contributed by atoms with Gasteiger partial charge in [0.1, 0.15) is 0 Å². The molecule has 108 valence electrons. The van der Waals surface area contributed by atoms with Crippen molar-refractivity contribution in [1.29, 1.82) is 0 Å². The zero-order valence-corrected chi connectivity index (χ0v) is 12.2. The Morgan fingerprint density at radius 2 is 2.20 bits per heavy atom. The molecular weight excluding hydrogens is 274 g/mol. The molecule has 20 heavy (non-hydrogen) atoms. The van der Waals surface area contributed by atoms with Crippen LogP contribution in [0.5, 0.6) is 0 Å². The minimum Gasteiger partial charge on any atom is -0.398 e. The third kappa shape index (κ3) is 2.63. The Labute approximate surface area is 124 Å². The number of hydrogen-bond acceptors (Lipinski definition) is 3. The monoisotopic (exact) mass is 293 g/mol. The van der Waals surface area contributed by atoms with Crippen LogP contribution in [0.3, 0.4) is 0 Å². The number of benzene rings is 1. The van der Waals surface area contributed by atoms with E-state index in [9.17, 15) is 4.79 Å². The van der Waals surface area contributed by atoms with Crippen LogP contribution in [0.1, 0.15) is 36.0 Å². The lowest BCUT2D eigenvalue weighted by Gasteiger charge is -2.35. The second-order valence-corrected chi connectivity index (χ2v) is 6.11. The van der Waals surface area contributed by atoms with Crippen molar-refractivity contribution in [2.75, 3.05) is 18.8 Å². The number of fused-ring (bicyclic) bond motifs is 1. The molecule has 1 amide bonds. The largest absolute Gasteiger partial charge is 0.398 e. The van der Waals surface area contributed by atoms with Gasteiger partial charge in [0.25, 0.3) is 5.91 Å². The average molecular weight is 294 g/mol. The Kier molecular flexibility index (Phi) is 3.85. The van der Waals surface area contributed by atoms with Gasteiger partial charge in [0.05, 0.1) is 16.3 Å². The molecule has 0 aromatic heterocycles. The fourth-order valence-electron chi connectivity index (χ4n) is 3.34. The number of nitrogens with one attached hydrogen (secondary N) is 1. The number of rotatable bonds is 2. The molecule has 0 spiro atoms. The van der Waals surface area contributed by atoms with Gasteiger partial charge in [-0.15, -0.1) is 0 Å². The fourth-order valence-corrected chi connectivity index (χ4v) is 3.56. The standard InChI is InChI=1S/C15H20ClN3O/c16-14-12(4-1-5-13(14)17)15(20)18-10-6-8-19-7-2-3-11(19)9-10/h1,4-5,10-11H,2-3,6-9,17H2,(H,18,20). The highest BCUT2D eigenvalue weighted by molar-refractivity contribution is 6.36. The SMILES string of the molecule is Nc1cccc(C(=O)NC2CCN3CCCC3C2)c1Cl. The summed E-state index contributed by atoms with van der Waals surface area (Å²) in [7, 11) is 0. The van der Waals surface area contributed by atoms with E-state index in [-0.39, 0.29) is 11.9 Å². The Bertz CT molecular complexity index is 520. The van der Waals surface area contributed by atoms with E-state index in [0.29, 0.717) is 22.3 Å². The summed E-state index contributed by atoms with van der Waals surface area (Å²) in [5, 5.41) is 3.46. The molecule has 0 bridgehead atoms. The van der Waals surface area contributed by atoms with Crippen molar-refractivity contribution in [1.82, 2.24) is 10.2 Å². The minimum absolute atomic E-state index is 0.112. The highest BCUT2D eigenvalue weighted by Gasteiger charge is 2.32. The van der Waals surface area contributed by atoms with Gasteiger partial charge in [-0.2, -0.15) is 0 Å². The topological polar surface area (TPSA) is 58.4 Å². The predicted molar refractivity (Wildman–Crippen MR) is 80.9 cm³/mol. The average Bonchev–Trinajstić information content (AvgIpc) is 2.89. The number of carbonyl (C=O) groups is 1. The molecule has 4 nitrogen and oxygen atoms in total. The summed E-state index contributed by atoms with van der Waals surface area (Å²) in [5.41, 5.74) is 6.66. The lowest BCUT2D eigenvalue weighted by molar-refractivity contribution is 0.0896. The zero-order chi connectivity index (χ0) is 14.1. The van der Waals surface area contributed by atoms with Gasteiger partial charge in [-0.1, -0.05) is 17.7 Å². The molecule has 2 heterocycles. The van der Waals surface area contributed by atoms with Gasteiger partial charge in [-0.3, -0.25) is 4.79 Å². The van der Waals surface area contributed by atoms with Gasteiger partial charge in [0, 0.05) is 18.6 Å². The number of anilines is 1. The smallest absolute Gasteiger partial charge is 0.253 e. The number of halogens is 1. The van der Waals surface area contributed by atoms with E-state index in [2.05, 4.69) is 10.2 Å². The van der Waals surface area contributed by atoms with Gasteiger partial charge in [0.2, 0.25) is 0 Å². The lowest BCUT2D eigenvalue weighted by Crippen LogP contribution is -2.47. The lowest BCUT2D eigenvalue weighted by atomic mass is 9.97. The number of piperidine rings is 1. The molecule has 5 heteroatoms. The van der Waals surface area contributed by atoms with Gasteiger partial charge in [-0.25, -0.2) is 0 Å². The van der Waals surface area contributed by atoms with Gasteiger partial charge >= 0.3 is 0 Å². The van der Waals surface area contributed by atoms with Gasteiger partial charge in [-0.05, 0) is 44.4 Å². The number of amides is 1. The number of nitrogen functional groups attached to an aromatic ring is 1. The molecule has 1 aromatic carbocycles. The van der Waals surface area contributed by atoms with Crippen LogP contribution < -0.4 is 11.1 Å². The first-order valence-electron chi connectivity index (χ1n) is 7.24. The van der Waals surface area contributed by atoms with E-state index in [0.717, 1.165) is 19.4 Å². The predicted octanol–water partition coefficient (Wildman–Crippen LogP) is 2.28. The molecule has 0 radical (unpaired) electrons. The van der Waals surface area contributed by atoms with Crippen LogP contribution in [-0.4, -0.2) is 36.0 Å². The highest BCUT2D eigenvalue weighted by Crippen LogP contribution is 2.28. The fraction of sp³-hybridized carbons (Fsp3) is 0.533. The van der Waals surface area contributed by atoms with E-state index < -0.39 is 0 Å². The van der Waals surface area contributed by atoms with Crippen LogP contribution >= 0.6 is 11.6 Å². The minimum atomic E-state index is -0.112. The summed E-state index contributed by atoms with van der Waals surface area (Å²) in [6, 6.07) is 6.08. The summed E-state index contributed by atoms with van der Waals surface area (Å²) < 4.78 is 0. The van der Waals surface area contributed by atoms with E-state index in [4.69, 9.17) is 17.3 Å².